The summed E-state index contributed by atoms with van der Waals surface area (Å²) in [4.78, 5) is 36.3. The molecule has 1 unspecified atom stereocenters. The Bertz CT molecular complexity index is 557. The van der Waals surface area contributed by atoms with Crippen molar-refractivity contribution in [2.24, 2.45) is 11.3 Å². The fourth-order valence-electron chi connectivity index (χ4n) is 2.15. The monoisotopic (exact) mass is 336 g/mol. The molecule has 1 rings (SSSR count). The molecule has 1 atom stereocenters. The van der Waals surface area contributed by atoms with Crippen molar-refractivity contribution in [3.8, 4) is 0 Å². The molecule has 0 radical (unpaired) electrons. The number of hydrogen-bond acceptors (Lipinski definition) is 6. The Kier molecular flexibility index (Phi) is 6.95. The summed E-state index contributed by atoms with van der Waals surface area (Å²) in [5.41, 5.74) is -0.00667. The van der Waals surface area contributed by atoms with Crippen molar-refractivity contribution < 1.29 is 28.6 Å². The van der Waals surface area contributed by atoms with Crippen LogP contribution in [0.25, 0.3) is 0 Å². The number of hydrogen-bond donors (Lipinski definition) is 0. The Labute approximate surface area is 142 Å². The Morgan fingerprint density at radius 2 is 1.46 bits per heavy atom. The highest BCUT2D eigenvalue weighted by molar-refractivity contribution is 5.96. The lowest BCUT2D eigenvalue weighted by Crippen LogP contribution is -2.36. The average molecular weight is 336 g/mol. The van der Waals surface area contributed by atoms with Gasteiger partial charge in [0, 0.05) is 5.92 Å². The van der Waals surface area contributed by atoms with Gasteiger partial charge in [-0.2, -0.15) is 0 Å². The zero-order valence-electron chi connectivity index (χ0n) is 14.7. The molecule has 6 heteroatoms. The molecule has 132 valence electrons. The molecule has 0 saturated carbocycles. The third-order valence-corrected chi connectivity index (χ3v) is 3.55. The van der Waals surface area contributed by atoms with Crippen LogP contribution in [-0.4, -0.2) is 38.7 Å². The lowest BCUT2D eigenvalue weighted by Gasteiger charge is -2.25. The van der Waals surface area contributed by atoms with E-state index >= 15 is 0 Å². The summed E-state index contributed by atoms with van der Waals surface area (Å²) in [5, 5.41) is 0. The zero-order chi connectivity index (χ0) is 18.3. The molecule has 0 aliphatic carbocycles. The topological polar surface area (TPSA) is 78.9 Å². The molecule has 1 aromatic rings. The summed E-state index contributed by atoms with van der Waals surface area (Å²) in [6.45, 7) is 5.05. The first-order valence-electron chi connectivity index (χ1n) is 7.60. The maximum absolute atomic E-state index is 12.1. The fraction of sp³-hybridized carbons (Fsp3) is 0.500. The number of ether oxygens (including phenoxy) is 3. The van der Waals surface area contributed by atoms with Crippen LogP contribution < -0.4 is 0 Å². The first-order chi connectivity index (χ1) is 11.2. The molecule has 0 aliphatic rings. The van der Waals surface area contributed by atoms with Gasteiger partial charge in [0.1, 0.15) is 0 Å². The molecule has 1 aromatic carbocycles. The molecule has 0 amide bonds. The Balaban J connectivity index is 3.15. The second-order valence-corrected chi connectivity index (χ2v) is 6.39. The quantitative estimate of drug-likeness (QED) is 0.451. The van der Waals surface area contributed by atoms with Crippen LogP contribution in [-0.2, 0) is 28.6 Å². The standard InChI is InChI=1S/C18H24O6/c1-18(2,3)17(21)24-11-13(12-9-7-6-8-10-12)14(15(19)22-4)16(20)23-5/h6-10,13-14H,11H2,1-5H3. The summed E-state index contributed by atoms with van der Waals surface area (Å²) < 4.78 is 14.8. The van der Waals surface area contributed by atoms with E-state index in [1.807, 2.05) is 6.07 Å². The van der Waals surface area contributed by atoms with Gasteiger partial charge in [-0.3, -0.25) is 14.4 Å². The molecule has 0 fully saturated rings. The molecule has 0 aromatic heterocycles. The van der Waals surface area contributed by atoms with E-state index in [9.17, 15) is 14.4 Å². The first kappa shape index (κ1) is 19.7. The van der Waals surface area contributed by atoms with Crippen molar-refractivity contribution in [3.63, 3.8) is 0 Å². The molecule has 0 bridgehead atoms. The Morgan fingerprint density at radius 3 is 1.88 bits per heavy atom. The van der Waals surface area contributed by atoms with E-state index in [4.69, 9.17) is 14.2 Å². The van der Waals surface area contributed by atoms with E-state index in [1.165, 1.54) is 14.2 Å². The lowest BCUT2D eigenvalue weighted by atomic mass is 9.86. The average Bonchev–Trinajstić information content (AvgIpc) is 2.56. The molecular weight excluding hydrogens is 312 g/mol. The van der Waals surface area contributed by atoms with Gasteiger partial charge in [-0.25, -0.2) is 0 Å². The third kappa shape index (κ3) is 5.08. The normalized spacial score (nSPS) is 12.4. The van der Waals surface area contributed by atoms with E-state index in [0.29, 0.717) is 5.56 Å². The van der Waals surface area contributed by atoms with E-state index in [0.717, 1.165) is 0 Å². The smallest absolute Gasteiger partial charge is 0.320 e. The van der Waals surface area contributed by atoms with Gasteiger partial charge in [-0.1, -0.05) is 30.3 Å². The van der Waals surface area contributed by atoms with Gasteiger partial charge in [0.25, 0.3) is 0 Å². The number of rotatable bonds is 6. The van der Waals surface area contributed by atoms with Gasteiger partial charge in [-0.15, -0.1) is 0 Å². The van der Waals surface area contributed by atoms with Gasteiger partial charge in [0.05, 0.1) is 26.2 Å². The summed E-state index contributed by atoms with van der Waals surface area (Å²) in [6, 6.07) is 8.88. The predicted molar refractivity (Wildman–Crippen MR) is 87.1 cm³/mol. The SMILES string of the molecule is COC(=O)C(C(=O)OC)C(COC(=O)C(C)(C)C)c1ccccc1. The maximum atomic E-state index is 12.1. The van der Waals surface area contributed by atoms with Crippen molar-refractivity contribution in [2.75, 3.05) is 20.8 Å². The molecular formula is C18H24O6. The highest BCUT2D eigenvalue weighted by Crippen LogP contribution is 2.28. The molecule has 6 nitrogen and oxygen atoms in total. The van der Waals surface area contributed by atoms with Crippen LogP contribution in [0.4, 0.5) is 0 Å². The second-order valence-electron chi connectivity index (χ2n) is 6.39. The lowest BCUT2D eigenvalue weighted by molar-refractivity contribution is -0.164. The van der Waals surface area contributed by atoms with E-state index in [2.05, 4.69) is 0 Å². The minimum absolute atomic E-state index is 0.130. The number of esters is 3. The maximum Gasteiger partial charge on any atom is 0.320 e. The van der Waals surface area contributed by atoms with Crippen LogP contribution in [0.1, 0.15) is 32.3 Å². The molecule has 24 heavy (non-hydrogen) atoms. The number of methoxy groups -OCH3 is 2. The van der Waals surface area contributed by atoms with Crippen LogP contribution in [0.3, 0.4) is 0 Å². The highest BCUT2D eigenvalue weighted by atomic mass is 16.5. The molecule has 0 aliphatic heterocycles. The highest BCUT2D eigenvalue weighted by Gasteiger charge is 2.39. The first-order valence-corrected chi connectivity index (χ1v) is 7.60. The summed E-state index contributed by atoms with van der Waals surface area (Å²) >= 11 is 0. The fourth-order valence-corrected chi connectivity index (χ4v) is 2.15. The molecule has 0 spiro atoms. The molecule has 0 N–H and O–H groups in total. The van der Waals surface area contributed by atoms with E-state index < -0.39 is 35.2 Å². The summed E-state index contributed by atoms with van der Waals surface area (Å²) in [6.07, 6.45) is 0. The van der Waals surface area contributed by atoms with Crippen LogP contribution in [0.5, 0.6) is 0 Å². The summed E-state index contributed by atoms with van der Waals surface area (Å²) in [5.74, 6) is -3.80. The minimum Gasteiger partial charge on any atom is -0.468 e. The van der Waals surface area contributed by atoms with Gasteiger partial charge >= 0.3 is 17.9 Å². The van der Waals surface area contributed by atoms with Crippen LogP contribution in [0.2, 0.25) is 0 Å². The summed E-state index contributed by atoms with van der Waals surface area (Å²) in [7, 11) is 2.39. The van der Waals surface area contributed by atoms with Gasteiger partial charge in [0.2, 0.25) is 0 Å². The molecule has 0 heterocycles. The van der Waals surface area contributed by atoms with Crippen molar-refractivity contribution in [1.29, 1.82) is 0 Å². The largest absolute Gasteiger partial charge is 0.468 e. The van der Waals surface area contributed by atoms with E-state index in [-0.39, 0.29) is 6.61 Å². The third-order valence-electron chi connectivity index (χ3n) is 3.55. The van der Waals surface area contributed by atoms with Gasteiger partial charge in [0.15, 0.2) is 5.92 Å². The van der Waals surface area contributed by atoms with Crippen molar-refractivity contribution in [2.45, 2.75) is 26.7 Å². The van der Waals surface area contributed by atoms with Gasteiger partial charge < -0.3 is 14.2 Å². The van der Waals surface area contributed by atoms with Crippen LogP contribution in [0, 0.1) is 11.3 Å². The van der Waals surface area contributed by atoms with E-state index in [1.54, 1.807) is 45.0 Å². The predicted octanol–water partition coefficient (Wildman–Crippen LogP) is 2.32. The Morgan fingerprint density at radius 1 is 0.958 bits per heavy atom. The van der Waals surface area contributed by atoms with Gasteiger partial charge in [-0.05, 0) is 26.3 Å². The minimum atomic E-state index is -1.21. The van der Waals surface area contributed by atoms with Crippen molar-refractivity contribution >= 4 is 17.9 Å². The number of benzene rings is 1. The van der Waals surface area contributed by atoms with Crippen molar-refractivity contribution in [1.82, 2.24) is 0 Å². The second kappa shape index (κ2) is 8.47. The number of carbonyl (C=O) groups excluding carboxylic acids is 3. The Hall–Kier alpha value is -2.37. The van der Waals surface area contributed by atoms with Crippen LogP contribution >= 0.6 is 0 Å². The number of carbonyl (C=O) groups is 3. The van der Waals surface area contributed by atoms with Crippen LogP contribution in [0.15, 0.2) is 30.3 Å². The molecule has 0 saturated heterocycles. The zero-order valence-corrected chi connectivity index (χ0v) is 14.7. The van der Waals surface area contributed by atoms with Crippen molar-refractivity contribution in [3.05, 3.63) is 35.9 Å².